The van der Waals surface area contributed by atoms with Gasteiger partial charge in [0, 0.05) is 20.3 Å². The van der Waals surface area contributed by atoms with Crippen molar-refractivity contribution in [3.05, 3.63) is 49.8 Å². The van der Waals surface area contributed by atoms with Gasteiger partial charge in [-0.15, -0.1) is 11.3 Å². The number of hydrogen-bond acceptors (Lipinski definition) is 5. The first kappa shape index (κ1) is 18.9. The van der Waals surface area contributed by atoms with E-state index in [2.05, 4.69) is 9.88 Å². The molecule has 1 N–H and O–H groups in total. The highest BCUT2D eigenvalue weighted by Crippen LogP contribution is 2.41. The van der Waals surface area contributed by atoms with Crippen LogP contribution in [-0.4, -0.2) is 13.6 Å². The van der Waals surface area contributed by atoms with Crippen LogP contribution in [0.3, 0.4) is 0 Å². The zero-order valence-corrected chi connectivity index (χ0v) is 17.5. The van der Waals surface area contributed by atoms with Crippen molar-refractivity contribution in [1.82, 2.24) is 5.16 Å². The van der Waals surface area contributed by atoms with Crippen molar-refractivity contribution in [3.8, 4) is 11.3 Å². The van der Waals surface area contributed by atoms with E-state index in [1.54, 1.807) is 25.1 Å². The first-order chi connectivity index (χ1) is 12.1. The van der Waals surface area contributed by atoms with Crippen molar-refractivity contribution in [2.75, 3.05) is 4.72 Å². The molecule has 0 saturated heterocycles. The third-order valence-electron chi connectivity index (χ3n) is 4.30. The number of anilines is 1. The molecule has 2 aromatic heterocycles. The van der Waals surface area contributed by atoms with Gasteiger partial charge in [-0.25, -0.2) is 8.42 Å². The third kappa shape index (κ3) is 3.26. The highest BCUT2D eigenvalue weighted by atomic mass is 35.5. The molecule has 8 heteroatoms. The van der Waals surface area contributed by atoms with Gasteiger partial charge in [-0.3, -0.25) is 4.72 Å². The normalized spacial score (nSPS) is 11.8. The van der Waals surface area contributed by atoms with E-state index in [4.69, 9.17) is 16.1 Å². The predicted octanol–water partition coefficient (Wildman–Crippen LogP) is 5.40. The quantitative estimate of drug-likeness (QED) is 0.625. The largest absolute Gasteiger partial charge is 0.356 e. The summed E-state index contributed by atoms with van der Waals surface area (Å²) in [5.74, 6) is 0.493. The summed E-state index contributed by atoms with van der Waals surface area (Å²) in [7, 11) is -3.83. The van der Waals surface area contributed by atoms with E-state index in [1.165, 1.54) is 11.3 Å². The molecule has 0 spiro atoms. The van der Waals surface area contributed by atoms with E-state index < -0.39 is 10.0 Å². The topological polar surface area (TPSA) is 72.2 Å². The van der Waals surface area contributed by atoms with Crippen LogP contribution in [-0.2, 0) is 10.0 Å². The van der Waals surface area contributed by atoms with Crippen molar-refractivity contribution in [2.24, 2.45) is 0 Å². The molecule has 0 radical (unpaired) electrons. The Labute approximate surface area is 162 Å². The molecule has 0 aliphatic carbocycles. The Hall–Kier alpha value is -1.83. The number of thiophene rings is 1. The Balaban J connectivity index is 2.17. The number of benzene rings is 1. The Bertz CT molecular complexity index is 1100. The number of rotatable bonds is 4. The van der Waals surface area contributed by atoms with Crippen molar-refractivity contribution in [2.45, 2.75) is 39.5 Å². The minimum atomic E-state index is -3.83. The van der Waals surface area contributed by atoms with Gasteiger partial charge in [0.05, 0.1) is 16.9 Å². The van der Waals surface area contributed by atoms with E-state index >= 15 is 0 Å². The molecule has 0 aliphatic heterocycles. The molecule has 2 heterocycles. The second-order valence-corrected chi connectivity index (χ2v) is 9.69. The van der Waals surface area contributed by atoms with Gasteiger partial charge in [0.15, 0.2) is 5.76 Å². The zero-order chi connectivity index (χ0) is 19.2. The Kier molecular flexibility index (Phi) is 4.90. The lowest BCUT2D eigenvalue weighted by Gasteiger charge is -2.12. The summed E-state index contributed by atoms with van der Waals surface area (Å²) in [6, 6.07) is 5.10. The average Bonchev–Trinajstić information content (AvgIpc) is 3.02. The molecule has 0 aliphatic rings. The van der Waals surface area contributed by atoms with E-state index in [-0.39, 0.29) is 4.90 Å². The van der Waals surface area contributed by atoms with Crippen LogP contribution in [0.1, 0.15) is 26.6 Å². The number of aromatic nitrogens is 1. The standard InChI is InChI=1S/C18H19ClN2O3S2/c1-9-6-7-14(19)8-15(9)21-26(22,23)18-13(5)25-12(4)16(18)17-10(2)11(3)20-24-17/h6-8,21H,1-5H3. The van der Waals surface area contributed by atoms with Gasteiger partial charge in [0.25, 0.3) is 10.0 Å². The molecule has 0 amide bonds. The van der Waals surface area contributed by atoms with Gasteiger partial charge in [-0.2, -0.15) is 0 Å². The number of halogens is 1. The van der Waals surface area contributed by atoms with Crippen LogP contribution in [0.15, 0.2) is 27.6 Å². The molecule has 0 fully saturated rings. The minimum absolute atomic E-state index is 0.221. The molecule has 0 saturated carbocycles. The maximum Gasteiger partial charge on any atom is 0.263 e. The monoisotopic (exact) mass is 410 g/mol. The Morgan fingerprint density at radius 2 is 1.81 bits per heavy atom. The van der Waals surface area contributed by atoms with Crippen LogP contribution in [0.5, 0.6) is 0 Å². The first-order valence-corrected chi connectivity index (χ1v) is 10.6. The summed E-state index contributed by atoms with van der Waals surface area (Å²) in [5, 5.41) is 4.44. The van der Waals surface area contributed by atoms with Gasteiger partial charge >= 0.3 is 0 Å². The minimum Gasteiger partial charge on any atom is -0.356 e. The summed E-state index contributed by atoms with van der Waals surface area (Å²) in [5.41, 5.74) is 3.39. The van der Waals surface area contributed by atoms with E-state index in [9.17, 15) is 8.42 Å². The predicted molar refractivity (Wildman–Crippen MR) is 106 cm³/mol. The molecule has 3 rings (SSSR count). The number of aryl methyl sites for hydroxylation is 4. The number of hydrogen-bond donors (Lipinski definition) is 1. The van der Waals surface area contributed by atoms with Crippen LogP contribution in [0.25, 0.3) is 11.3 Å². The van der Waals surface area contributed by atoms with Gasteiger partial charge < -0.3 is 4.52 Å². The van der Waals surface area contributed by atoms with Crippen molar-refractivity contribution in [3.63, 3.8) is 0 Å². The van der Waals surface area contributed by atoms with Crippen LogP contribution in [0.4, 0.5) is 5.69 Å². The second-order valence-electron chi connectivity index (χ2n) is 6.21. The van der Waals surface area contributed by atoms with Crippen LogP contribution >= 0.6 is 22.9 Å². The van der Waals surface area contributed by atoms with Crippen molar-refractivity contribution in [1.29, 1.82) is 0 Å². The summed E-state index contributed by atoms with van der Waals surface area (Å²) in [6.07, 6.45) is 0. The molecular formula is C18H19ClN2O3S2. The summed E-state index contributed by atoms with van der Waals surface area (Å²) in [6.45, 7) is 9.20. The molecule has 26 heavy (non-hydrogen) atoms. The number of nitrogens with one attached hydrogen (secondary N) is 1. The molecule has 1 aromatic carbocycles. The summed E-state index contributed by atoms with van der Waals surface area (Å²) >= 11 is 7.44. The lowest BCUT2D eigenvalue weighted by Crippen LogP contribution is -2.15. The molecule has 0 atom stereocenters. The lowest BCUT2D eigenvalue weighted by atomic mass is 10.1. The van der Waals surface area contributed by atoms with E-state index in [0.717, 1.165) is 21.7 Å². The highest BCUT2D eigenvalue weighted by molar-refractivity contribution is 7.93. The maximum absolute atomic E-state index is 13.2. The molecule has 0 bridgehead atoms. The zero-order valence-electron chi connectivity index (χ0n) is 15.1. The average molecular weight is 411 g/mol. The second kappa shape index (κ2) is 6.72. The molecule has 0 unspecified atom stereocenters. The van der Waals surface area contributed by atoms with E-state index in [1.807, 2.05) is 27.7 Å². The Morgan fingerprint density at radius 1 is 1.12 bits per heavy atom. The lowest BCUT2D eigenvalue weighted by molar-refractivity contribution is 0.426. The number of sulfonamides is 1. The van der Waals surface area contributed by atoms with Gasteiger partial charge in [-0.1, -0.05) is 22.8 Å². The van der Waals surface area contributed by atoms with Crippen molar-refractivity contribution >= 4 is 38.6 Å². The van der Waals surface area contributed by atoms with Crippen molar-refractivity contribution < 1.29 is 12.9 Å². The summed E-state index contributed by atoms with van der Waals surface area (Å²) < 4.78 is 34.5. The smallest absolute Gasteiger partial charge is 0.263 e. The fourth-order valence-electron chi connectivity index (χ4n) is 2.80. The first-order valence-electron chi connectivity index (χ1n) is 7.94. The third-order valence-corrected chi connectivity index (χ3v) is 7.22. The molecule has 5 nitrogen and oxygen atoms in total. The SMILES string of the molecule is Cc1ccc(Cl)cc1NS(=O)(=O)c1c(C)sc(C)c1-c1onc(C)c1C. The maximum atomic E-state index is 13.2. The fourth-order valence-corrected chi connectivity index (χ4v) is 5.94. The molecule has 3 aromatic rings. The van der Waals surface area contributed by atoms with Crippen LogP contribution in [0.2, 0.25) is 5.02 Å². The Morgan fingerprint density at radius 3 is 2.42 bits per heavy atom. The summed E-state index contributed by atoms with van der Waals surface area (Å²) in [4.78, 5) is 1.78. The van der Waals surface area contributed by atoms with Gasteiger partial charge in [0.2, 0.25) is 0 Å². The van der Waals surface area contributed by atoms with Crippen LogP contribution < -0.4 is 4.72 Å². The van der Waals surface area contributed by atoms with Gasteiger partial charge in [0.1, 0.15) is 4.90 Å². The number of nitrogens with zero attached hydrogens (tertiary/aromatic N) is 1. The fraction of sp³-hybridized carbons (Fsp3) is 0.278. The van der Waals surface area contributed by atoms with Gasteiger partial charge in [-0.05, 0) is 52.3 Å². The molecular weight excluding hydrogens is 392 g/mol. The van der Waals surface area contributed by atoms with Crippen LogP contribution in [0, 0.1) is 34.6 Å². The molecule has 138 valence electrons. The highest BCUT2D eigenvalue weighted by Gasteiger charge is 2.30. The van der Waals surface area contributed by atoms with E-state index in [0.29, 0.717) is 26.9 Å².